The summed E-state index contributed by atoms with van der Waals surface area (Å²) in [5.74, 6) is -1.21. The van der Waals surface area contributed by atoms with Crippen LogP contribution < -0.4 is 16.0 Å². The second-order valence-electron chi connectivity index (χ2n) is 4.40. The molecule has 0 aliphatic rings. The summed E-state index contributed by atoms with van der Waals surface area (Å²) < 4.78 is 13.5. The normalized spacial score (nSPS) is 9.91. The van der Waals surface area contributed by atoms with Crippen LogP contribution >= 0.6 is 0 Å². The van der Waals surface area contributed by atoms with Gasteiger partial charge < -0.3 is 16.0 Å². The van der Waals surface area contributed by atoms with Crippen molar-refractivity contribution in [1.29, 1.82) is 0 Å². The third-order valence-corrected chi connectivity index (χ3v) is 2.85. The van der Waals surface area contributed by atoms with Crippen molar-refractivity contribution in [3.05, 3.63) is 59.7 Å². The number of halogens is 1. The van der Waals surface area contributed by atoms with Crippen molar-refractivity contribution in [2.75, 3.05) is 12.4 Å². The summed E-state index contributed by atoms with van der Waals surface area (Å²) in [5, 5.41) is 7.49. The number of nitrogens with one attached hydrogen (secondary N) is 3. The average molecular weight is 302 g/mol. The smallest absolute Gasteiger partial charge is 0.319 e. The van der Waals surface area contributed by atoms with E-state index in [1.54, 1.807) is 18.3 Å². The number of anilines is 1. The average Bonchev–Trinajstić information content (AvgIpc) is 2.55. The number of hydrogen-bond acceptors (Lipinski definition) is 3. The SMILES string of the molecule is CNC(=O)c1cc(NC(=O)NCc2ccccn2)ccc1F. The third-order valence-electron chi connectivity index (χ3n) is 2.85. The Morgan fingerprint density at radius 1 is 1.23 bits per heavy atom. The summed E-state index contributed by atoms with van der Waals surface area (Å²) >= 11 is 0. The number of hydrogen-bond donors (Lipinski definition) is 3. The Morgan fingerprint density at radius 2 is 2.05 bits per heavy atom. The lowest BCUT2D eigenvalue weighted by molar-refractivity contribution is 0.0959. The summed E-state index contributed by atoms with van der Waals surface area (Å²) in [6, 6.07) is 8.68. The Bertz CT molecular complexity index is 676. The minimum absolute atomic E-state index is 0.134. The first-order chi connectivity index (χ1) is 10.6. The van der Waals surface area contributed by atoms with Gasteiger partial charge in [-0.05, 0) is 30.3 Å². The zero-order chi connectivity index (χ0) is 15.9. The lowest BCUT2D eigenvalue weighted by Crippen LogP contribution is -2.28. The molecule has 0 aliphatic heterocycles. The van der Waals surface area contributed by atoms with Gasteiger partial charge in [-0.15, -0.1) is 0 Å². The highest BCUT2D eigenvalue weighted by molar-refractivity contribution is 5.96. The number of pyridine rings is 1. The summed E-state index contributed by atoms with van der Waals surface area (Å²) in [5.41, 5.74) is 0.895. The van der Waals surface area contributed by atoms with Crippen molar-refractivity contribution in [2.24, 2.45) is 0 Å². The van der Waals surface area contributed by atoms with Gasteiger partial charge in [-0.3, -0.25) is 9.78 Å². The molecule has 0 spiro atoms. The van der Waals surface area contributed by atoms with E-state index in [9.17, 15) is 14.0 Å². The fourth-order valence-corrected chi connectivity index (χ4v) is 1.76. The molecule has 6 nitrogen and oxygen atoms in total. The number of nitrogens with zero attached hydrogens (tertiary/aromatic N) is 1. The van der Waals surface area contributed by atoms with Crippen LogP contribution in [0.15, 0.2) is 42.6 Å². The number of amides is 3. The molecule has 0 saturated carbocycles. The van der Waals surface area contributed by atoms with Gasteiger partial charge >= 0.3 is 6.03 Å². The van der Waals surface area contributed by atoms with Gasteiger partial charge in [0.25, 0.3) is 5.91 Å². The summed E-state index contributed by atoms with van der Waals surface area (Å²) in [7, 11) is 1.40. The van der Waals surface area contributed by atoms with Crippen LogP contribution in [0.5, 0.6) is 0 Å². The minimum Gasteiger partial charge on any atom is -0.355 e. The molecule has 0 saturated heterocycles. The largest absolute Gasteiger partial charge is 0.355 e. The van der Waals surface area contributed by atoms with Crippen LogP contribution in [0.25, 0.3) is 0 Å². The lowest BCUT2D eigenvalue weighted by Gasteiger charge is -2.09. The van der Waals surface area contributed by atoms with E-state index in [4.69, 9.17) is 0 Å². The Hall–Kier alpha value is -2.96. The molecule has 0 bridgehead atoms. The first kappa shape index (κ1) is 15.4. The van der Waals surface area contributed by atoms with E-state index < -0.39 is 17.8 Å². The molecular weight excluding hydrogens is 287 g/mol. The first-order valence-corrected chi connectivity index (χ1v) is 6.56. The van der Waals surface area contributed by atoms with Crippen LogP contribution in [0.4, 0.5) is 14.9 Å². The Morgan fingerprint density at radius 3 is 2.73 bits per heavy atom. The summed E-state index contributed by atoms with van der Waals surface area (Å²) in [4.78, 5) is 27.3. The molecule has 2 aromatic rings. The number of benzene rings is 1. The Balaban J connectivity index is 1.98. The van der Waals surface area contributed by atoms with Crippen molar-refractivity contribution >= 4 is 17.6 Å². The van der Waals surface area contributed by atoms with Crippen LogP contribution in [0.3, 0.4) is 0 Å². The quantitative estimate of drug-likeness (QED) is 0.806. The molecule has 7 heteroatoms. The molecule has 0 atom stereocenters. The molecule has 0 radical (unpaired) electrons. The van der Waals surface area contributed by atoms with Crippen LogP contribution in [0.2, 0.25) is 0 Å². The molecule has 0 fully saturated rings. The van der Waals surface area contributed by atoms with Gasteiger partial charge in [0.05, 0.1) is 17.8 Å². The molecule has 3 amide bonds. The molecular formula is C15H15FN4O2. The van der Waals surface area contributed by atoms with Gasteiger partial charge in [-0.25, -0.2) is 9.18 Å². The second-order valence-corrected chi connectivity index (χ2v) is 4.40. The molecule has 22 heavy (non-hydrogen) atoms. The van der Waals surface area contributed by atoms with E-state index in [2.05, 4.69) is 20.9 Å². The standard InChI is InChI=1S/C15H15FN4O2/c1-17-14(21)12-8-10(5-6-13(12)16)20-15(22)19-9-11-4-2-3-7-18-11/h2-8H,9H2,1H3,(H,17,21)(H2,19,20,22). The zero-order valence-corrected chi connectivity index (χ0v) is 11.9. The second kappa shape index (κ2) is 7.16. The van der Waals surface area contributed by atoms with Crippen molar-refractivity contribution < 1.29 is 14.0 Å². The predicted octanol–water partition coefficient (Wildman–Crippen LogP) is 1.90. The van der Waals surface area contributed by atoms with E-state index in [1.165, 1.54) is 19.2 Å². The molecule has 3 N–H and O–H groups in total. The third kappa shape index (κ3) is 4.02. The Labute approximate surface area is 126 Å². The van der Waals surface area contributed by atoms with Crippen molar-refractivity contribution in [3.63, 3.8) is 0 Å². The van der Waals surface area contributed by atoms with E-state index >= 15 is 0 Å². The summed E-state index contributed by atoms with van der Waals surface area (Å²) in [6.45, 7) is 0.260. The monoisotopic (exact) mass is 302 g/mol. The zero-order valence-electron chi connectivity index (χ0n) is 11.9. The molecule has 1 heterocycles. The molecule has 1 aromatic heterocycles. The van der Waals surface area contributed by atoms with Gasteiger partial charge in [-0.2, -0.15) is 0 Å². The number of aromatic nitrogens is 1. The summed E-state index contributed by atoms with van der Waals surface area (Å²) in [6.07, 6.45) is 1.63. The predicted molar refractivity (Wildman–Crippen MR) is 79.9 cm³/mol. The highest BCUT2D eigenvalue weighted by atomic mass is 19.1. The van der Waals surface area contributed by atoms with E-state index in [-0.39, 0.29) is 12.1 Å². The van der Waals surface area contributed by atoms with Crippen LogP contribution in [-0.4, -0.2) is 24.0 Å². The Kier molecular flexibility index (Phi) is 5.02. The molecule has 0 unspecified atom stereocenters. The van der Waals surface area contributed by atoms with Crippen LogP contribution in [0.1, 0.15) is 16.1 Å². The first-order valence-electron chi connectivity index (χ1n) is 6.56. The minimum atomic E-state index is -0.654. The van der Waals surface area contributed by atoms with E-state index in [0.29, 0.717) is 11.4 Å². The van der Waals surface area contributed by atoms with Gasteiger partial charge in [0, 0.05) is 18.9 Å². The maximum atomic E-state index is 13.5. The van der Waals surface area contributed by atoms with Crippen LogP contribution in [0, 0.1) is 5.82 Å². The maximum absolute atomic E-state index is 13.5. The van der Waals surface area contributed by atoms with E-state index in [1.807, 2.05) is 6.07 Å². The number of carbonyl (C=O) groups excluding carboxylic acids is 2. The van der Waals surface area contributed by atoms with Crippen LogP contribution in [-0.2, 0) is 6.54 Å². The van der Waals surface area contributed by atoms with Crippen molar-refractivity contribution in [1.82, 2.24) is 15.6 Å². The molecule has 2 rings (SSSR count). The number of rotatable bonds is 4. The van der Waals surface area contributed by atoms with Gasteiger partial charge in [-0.1, -0.05) is 6.07 Å². The molecule has 0 aliphatic carbocycles. The molecule has 114 valence electrons. The lowest BCUT2D eigenvalue weighted by atomic mass is 10.1. The van der Waals surface area contributed by atoms with Crippen molar-refractivity contribution in [3.8, 4) is 0 Å². The van der Waals surface area contributed by atoms with Gasteiger partial charge in [0.2, 0.25) is 0 Å². The van der Waals surface area contributed by atoms with Crippen molar-refractivity contribution in [2.45, 2.75) is 6.54 Å². The van der Waals surface area contributed by atoms with Gasteiger partial charge in [0.1, 0.15) is 5.82 Å². The highest BCUT2D eigenvalue weighted by Crippen LogP contribution is 2.14. The van der Waals surface area contributed by atoms with E-state index in [0.717, 1.165) is 6.07 Å². The maximum Gasteiger partial charge on any atom is 0.319 e. The highest BCUT2D eigenvalue weighted by Gasteiger charge is 2.12. The number of urea groups is 1. The van der Waals surface area contributed by atoms with Gasteiger partial charge in [0.15, 0.2) is 0 Å². The number of carbonyl (C=O) groups is 2. The fraction of sp³-hybridized carbons (Fsp3) is 0.133. The fourth-order valence-electron chi connectivity index (χ4n) is 1.76. The molecule has 1 aromatic carbocycles. The topological polar surface area (TPSA) is 83.1 Å².